The van der Waals surface area contributed by atoms with Gasteiger partial charge < -0.3 is 10.1 Å². The molecular formula is C16H21NO2. The van der Waals surface area contributed by atoms with E-state index in [2.05, 4.69) is 5.32 Å². The summed E-state index contributed by atoms with van der Waals surface area (Å²) >= 11 is 0. The maximum absolute atomic E-state index is 12.3. The van der Waals surface area contributed by atoms with Crippen LogP contribution in [0, 0.1) is 0 Å². The number of nitrogens with one attached hydrogen (secondary N) is 1. The quantitative estimate of drug-likeness (QED) is 0.826. The van der Waals surface area contributed by atoms with Gasteiger partial charge in [0.15, 0.2) is 0 Å². The van der Waals surface area contributed by atoms with Crippen LogP contribution >= 0.6 is 0 Å². The van der Waals surface area contributed by atoms with Gasteiger partial charge in [0.2, 0.25) is 0 Å². The van der Waals surface area contributed by atoms with Gasteiger partial charge in [0.1, 0.15) is 6.10 Å². The van der Waals surface area contributed by atoms with E-state index < -0.39 is 0 Å². The molecule has 1 aliphatic carbocycles. The number of hydrogen-bond acceptors (Lipinski definition) is 3. The Morgan fingerprint density at radius 2 is 2.00 bits per heavy atom. The summed E-state index contributed by atoms with van der Waals surface area (Å²) in [4.78, 5) is 12.3. The van der Waals surface area contributed by atoms with E-state index in [9.17, 15) is 4.79 Å². The van der Waals surface area contributed by atoms with E-state index in [1.54, 1.807) is 0 Å². The first kappa shape index (κ1) is 12.5. The molecule has 19 heavy (non-hydrogen) atoms. The van der Waals surface area contributed by atoms with Crippen LogP contribution in [0.25, 0.3) is 0 Å². The first-order chi connectivity index (χ1) is 9.34. The van der Waals surface area contributed by atoms with Crippen LogP contribution in [-0.2, 0) is 11.2 Å². The highest BCUT2D eigenvalue weighted by molar-refractivity contribution is 5.93. The molecule has 1 aromatic carbocycles. The van der Waals surface area contributed by atoms with Crippen LogP contribution in [0.3, 0.4) is 0 Å². The molecule has 0 aromatic heterocycles. The Morgan fingerprint density at radius 1 is 1.16 bits per heavy atom. The van der Waals surface area contributed by atoms with Crippen LogP contribution in [0.5, 0.6) is 0 Å². The average Bonchev–Trinajstić information content (AvgIpc) is 2.47. The molecule has 1 N–H and O–H groups in total. The highest BCUT2D eigenvalue weighted by Crippen LogP contribution is 2.27. The van der Waals surface area contributed by atoms with Gasteiger partial charge in [-0.3, -0.25) is 0 Å². The van der Waals surface area contributed by atoms with E-state index in [4.69, 9.17) is 4.74 Å². The fraction of sp³-hybridized carbons (Fsp3) is 0.562. The summed E-state index contributed by atoms with van der Waals surface area (Å²) in [7, 11) is 0. The van der Waals surface area contributed by atoms with Crippen molar-refractivity contribution in [1.82, 2.24) is 0 Å². The Hall–Kier alpha value is -1.51. The molecule has 3 heteroatoms. The molecule has 2 aliphatic rings. The molecule has 1 saturated carbocycles. The summed E-state index contributed by atoms with van der Waals surface area (Å²) in [5, 5.41) is 3.35. The lowest BCUT2D eigenvalue weighted by molar-refractivity contribution is 0.0210. The van der Waals surface area contributed by atoms with Crippen LogP contribution < -0.4 is 5.32 Å². The van der Waals surface area contributed by atoms with Crippen molar-refractivity contribution in [3.63, 3.8) is 0 Å². The molecule has 0 spiro atoms. The minimum Gasteiger partial charge on any atom is -0.459 e. The maximum Gasteiger partial charge on any atom is 0.338 e. The fourth-order valence-electron chi connectivity index (χ4n) is 3.10. The molecule has 0 unspecified atom stereocenters. The molecule has 0 amide bonds. The van der Waals surface area contributed by atoms with Crippen molar-refractivity contribution in [2.45, 2.75) is 51.0 Å². The van der Waals surface area contributed by atoms with Crippen molar-refractivity contribution in [2.75, 3.05) is 11.9 Å². The average molecular weight is 259 g/mol. The molecule has 102 valence electrons. The van der Waals surface area contributed by atoms with Gasteiger partial charge in [0.25, 0.3) is 0 Å². The van der Waals surface area contributed by atoms with Gasteiger partial charge in [-0.05, 0) is 56.2 Å². The monoisotopic (exact) mass is 259 g/mol. The van der Waals surface area contributed by atoms with Crippen molar-refractivity contribution < 1.29 is 9.53 Å². The first-order valence-corrected chi connectivity index (χ1v) is 7.41. The number of esters is 1. The molecule has 0 bridgehead atoms. The highest BCUT2D eigenvalue weighted by Gasteiger charge is 2.22. The van der Waals surface area contributed by atoms with Crippen molar-refractivity contribution in [2.24, 2.45) is 0 Å². The van der Waals surface area contributed by atoms with Crippen molar-refractivity contribution in [3.8, 4) is 0 Å². The molecule has 3 rings (SSSR count). The number of ether oxygens (including phenoxy) is 1. The second-order valence-corrected chi connectivity index (χ2v) is 5.53. The third kappa shape index (κ3) is 2.75. The largest absolute Gasteiger partial charge is 0.459 e. The lowest BCUT2D eigenvalue weighted by Crippen LogP contribution is -2.23. The molecule has 0 atom stereocenters. The summed E-state index contributed by atoms with van der Waals surface area (Å²) in [6.45, 7) is 0.994. The second kappa shape index (κ2) is 5.64. The number of carbonyl (C=O) groups is 1. The minimum absolute atomic E-state index is 0.132. The van der Waals surface area contributed by atoms with Gasteiger partial charge in [0.05, 0.1) is 5.56 Å². The van der Waals surface area contributed by atoms with Crippen LogP contribution in [0.2, 0.25) is 0 Å². The Kier molecular flexibility index (Phi) is 3.72. The van der Waals surface area contributed by atoms with Crippen molar-refractivity contribution in [1.29, 1.82) is 0 Å². The second-order valence-electron chi connectivity index (χ2n) is 5.53. The van der Waals surface area contributed by atoms with Crippen molar-refractivity contribution in [3.05, 3.63) is 29.3 Å². The van der Waals surface area contributed by atoms with Gasteiger partial charge in [-0.1, -0.05) is 12.5 Å². The predicted octanol–water partition coefficient (Wildman–Crippen LogP) is 3.53. The molecule has 3 nitrogen and oxygen atoms in total. The van der Waals surface area contributed by atoms with Crippen LogP contribution in [0.1, 0.15) is 54.4 Å². The van der Waals surface area contributed by atoms with Gasteiger partial charge in [-0.2, -0.15) is 0 Å². The number of rotatable bonds is 2. The standard InChI is InChI=1S/C16H21NO2/c18-16(19-12-6-2-1-3-7-12)14-8-4-10-15-13(14)9-5-11-17-15/h4,8,10,12,17H,1-3,5-7,9,11H2. The number of benzene rings is 1. The van der Waals surface area contributed by atoms with Crippen molar-refractivity contribution >= 4 is 11.7 Å². The molecule has 1 heterocycles. The third-order valence-electron chi connectivity index (χ3n) is 4.14. The highest BCUT2D eigenvalue weighted by atomic mass is 16.5. The lowest BCUT2D eigenvalue weighted by Gasteiger charge is -2.24. The van der Waals surface area contributed by atoms with Gasteiger partial charge >= 0.3 is 5.97 Å². The zero-order chi connectivity index (χ0) is 13.1. The Bertz CT molecular complexity index is 464. The van der Waals surface area contributed by atoms with E-state index in [0.29, 0.717) is 0 Å². The summed E-state index contributed by atoms with van der Waals surface area (Å²) in [6, 6.07) is 5.89. The SMILES string of the molecule is O=C(OC1CCCCC1)c1cccc2c1CCCN2. The van der Waals surface area contributed by atoms with E-state index in [1.165, 1.54) is 19.3 Å². The molecule has 0 radical (unpaired) electrons. The first-order valence-electron chi connectivity index (χ1n) is 7.41. The third-order valence-corrected chi connectivity index (χ3v) is 4.14. The zero-order valence-corrected chi connectivity index (χ0v) is 11.3. The summed E-state index contributed by atoms with van der Waals surface area (Å²) in [6.07, 6.45) is 7.89. The molecule has 0 saturated heterocycles. The Morgan fingerprint density at radius 3 is 2.84 bits per heavy atom. The zero-order valence-electron chi connectivity index (χ0n) is 11.3. The molecule has 1 fully saturated rings. The van der Waals surface area contributed by atoms with Gasteiger partial charge in [-0.15, -0.1) is 0 Å². The van der Waals surface area contributed by atoms with Crippen LogP contribution in [-0.4, -0.2) is 18.6 Å². The fourth-order valence-corrected chi connectivity index (χ4v) is 3.10. The summed E-state index contributed by atoms with van der Waals surface area (Å²) in [5.41, 5.74) is 2.99. The van der Waals surface area contributed by atoms with E-state index in [1.807, 2.05) is 18.2 Å². The van der Waals surface area contributed by atoms with E-state index in [0.717, 1.165) is 49.0 Å². The van der Waals surface area contributed by atoms with Gasteiger partial charge in [-0.25, -0.2) is 4.79 Å². The number of hydrogen-bond donors (Lipinski definition) is 1. The predicted molar refractivity (Wildman–Crippen MR) is 75.5 cm³/mol. The maximum atomic E-state index is 12.3. The van der Waals surface area contributed by atoms with E-state index in [-0.39, 0.29) is 12.1 Å². The number of fused-ring (bicyclic) bond motifs is 1. The molecule has 1 aromatic rings. The lowest BCUT2D eigenvalue weighted by atomic mass is 9.96. The van der Waals surface area contributed by atoms with Crippen LogP contribution in [0.15, 0.2) is 18.2 Å². The summed E-state index contributed by atoms with van der Waals surface area (Å²) < 4.78 is 5.68. The number of carbonyl (C=O) groups excluding carboxylic acids is 1. The Labute approximate surface area is 114 Å². The Balaban J connectivity index is 1.75. The molecule has 1 aliphatic heterocycles. The van der Waals surface area contributed by atoms with Gasteiger partial charge in [0, 0.05) is 12.2 Å². The summed E-state index contributed by atoms with van der Waals surface area (Å²) in [5.74, 6) is -0.132. The minimum atomic E-state index is -0.132. The normalized spacial score (nSPS) is 19.4. The topological polar surface area (TPSA) is 38.3 Å². The van der Waals surface area contributed by atoms with Crippen LogP contribution in [0.4, 0.5) is 5.69 Å². The molecular weight excluding hydrogens is 238 g/mol. The number of anilines is 1. The smallest absolute Gasteiger partial charge is 0.338 e. The van der Waals surface area contributed by atoms with E-state index >= 15 is 0 Å².